The highest BCUT2D eigenvalue weighted by molar-refractivity contribution is 5.40. The van der Waals surface area contributed by atoms with E-state index < -0.39 is 0 Å². The molecule has 0 radical (unpaired) electrons. The number of nitrogens with zero attached hydrogens (tertiary/aromatic N) is 1. The Morgan fingerprint density at radius 3 is 2.53 bits per heavy atom. The van der Waals surface area contributed by atoms with Gasteiger partial charge in [-0.05, 0) is 51.1 Å². The maximum Gasteiger partial charge on any atom is 0.123 e. The molecule has 0 heterocycles. The molecule has 1 aliphatic rings. The molecule has 0 amide bonds. The molecule has 0 unspecified atom stereocenters. The minimum Gasteiger partial charge on any atom is -0.496 e. The van der Waals surface area contributed by atoms with Crippen LogP contribution >= 0.6 is 0 Å². The molecule has 1 aromatic rings. The van der Waals surface area contributed by atoms with Gasteiger partial charge in [0.25, 0.3) is 0 Å². The molecular formula is C14H22N2O. The van der Waals surface area contributed by atoms with E-state index in [4.69, 9.17) is 10.5 Å². The van der Waals surface area contributed by atoms with E-state index in [-0.39, 0.29) is 5.54 Å². The summed E-state index contributed by atoms with van der Waals surface area (Å²) in [7, 11) is 5.84. The fourth-order valence-corrected chi connectivity index (χ4v) is 2.40. The monoisotopic (exact) mass is 234 g/mol. The number of hydrogen-bond donors (Lipinski definition) is 1. The van der Waals surface area contributed by atoms with E-state index in [1.807, 2.05) is 6.07 Å². The number of rotatable bonds is 4. The van der Waals surface area contributed by atoms with Gasteiger partial charge in [-0.25, -0.2) is 0 Å². The third-order valence-corrected chi connectivity index (χ3v) is 3.59. The molecule has 0 aliphatic heterocycles. The van der Waals surface area contributed by atoms with Crippen molar-refractivity contribution in [2.45, 2.75) is 31.3 Å². The Morgan fingerprint density at radius 2 is 2.06 bits per heavy atom. The molecule has 1 saturated carbocycles. The first-order valence-electron chi connectivity index (χ1n) is 6.16. The quantitative estimate of drug-likeness (QED) is 0.867. The van der Waals surface area contributed by atoms with E-state index in [1.165, 1.54) is 17.5 Å². The lowest BCUT2D eigenvalue weighted by Gasteiger charge is -2.39. The number of hydrogen-bond acceptors (Lipinski definition) is 3. The average molecular weight is 234 g/mol. The first kappa shape index (κ1) is 12.4. The smallest absolute Gasteiger partial charge is 0.123 e. The number of ether oxygens (including phenoxy) is 1. The molecule has 0 aromatic heterocycles. The lowest BCUT2D eigenvalue weighted by atomic mass is 9.72. The van der Waals surface area contributed by atoms with Gasteiger partial charge in [0.05, 0.1) is 7.11 Å². The lowest BCUT2D eigenvalue weighted by molar-refractivity contribution is 0.253. The van der Waals surface area contributed by atoms with E-state index in [0.29, 0.717) is 0 Å². The molecule has 0 atom stereocenters. The minimum atomic E-state index is -0.0899. The van der Waals surface area contributed by atoms with Crippen molar-refractivity contribution in [2.24, 2.45) is 5.73 Å². The van der Waals surface area contributed by atoms with E-state index >= 15 is 0 Å². The van der Waals surface area contributed by atoms with Crippen molar-refractivity contribution in [1.82, 2.24) is 4.90 Å². The molecule has 2 rings (SSSR count). The van der Waals surface area contributed by atoms with Gasteiger partial charge in [-0.15, -0.1) is 0 Å². The second kappa shape index (κ2) is 4.67. The number of methoxy groups -OCH3 is 1. The van der Waals surface area contributed by atoms with Gasteiger partial charge in [-0.2, -0.15) is 0 Å². The molecule has 17 heavy (non-hydrogen) atoms. The highest BCUT2D eigenvalue weighted by Crippen LogP contribution is 2.40. The van der Waals surface area contributed by atoms with Crippen LogP contribution in [-0.2, 0) is 12.1 Å². The molecule has 3 heteroatoms. The predicted molar refractivity (Wildman–Crippen MR) is 70.1 cm³/mol. The van der Waals surface area contributed by atoms with Crippen LogP contribution in [0.3, 0.4) is 0 Å². The molecule has 0 spiro atoms. The summed E-state index contributed by atoms with van der Waals surface area (Å²) >= 11 is 0. The summed E-state index contributed by atoms with van der Waals surface area (Å²) in [5.74, 6) is 0.949. The van der Waals surface area contributed by atoms with Gasteiger partial charge in [-0.3, -0.25) is 0 Å². The fourth-order valence-electron chi connectivity index (χ4n) is 2.40. The third kappa shape index (κ3) is 2.45. The fraction of sp³-hybridized carbons (Fsp3) is 0.571. The maximum atomic E-state index is 6.36. The zero-order chi connectivity index (χ0) is 12.5. The van der Waals surface area contributed by atoms with Crippen molar-refractivity contribution >= 4 is 0 Å². The van der Waals surface area contributed by atoms with Crippen LogP contribution in [0.25, 0.3) is 0 Å². The second-order valence-corrected chi connectivity index (χ2v) is 5.27. The Kier molecular flexibility index (Phi) is 3.40. The molecule has 0 bridgehead atoms. The highest BCUT2D eigenvalue weighted by Gasteiger charge is 2.34. The molecular weight excluding hydrogens is 212 g/mol. The average Bonchev–Trinajstić information content (AvgIpc) is 2.25. The van der Waals surface area contributed by atoms with Gasteiger partial charge in [0.1, 0.15) is 5.75 Å². The SMILES string of the molecule is COc1ccc(C2(N)CCC2)cc1CN(C)C. The zero-order valence-electron chi connectivity index (χ0n) is 11.0. The van der Waals surface area contributed by atoms with Crippen molar-refractivity contribution in [3.8, 4) is 5.75 Å². The van der Waals surface area contributed by atoms with Crippen LogP contribution in [0, 0.1) is 0 Å². The summed E-state index contributed by atoms with van der Waals surface area (Å²) in [4.78, 5) is 2.14. The van der Waals surface area contributed by atoms with Gasteiger partial charge in [0.2, 0.25) is 0 Å². The molecule has 1 aliphatic carbocycles. The molecule has 2 N–H and O–H groups in total. The minimum absolute atomic E-state index is 0.0899. The summed E-state index contributed by atoms with van der Waals surface area (Å²) in [6.45, 7) is 0.882. The van der Waals surface area contributed by atoms with E-state index in [2.05, 4.69) is 31.1 Å². The van der Waals surface area contributed by atoms with Gasteiger partial charge in [0, 0.05) is 17.6 Å². The molecule has 1 fully saturated rings. The van der Waals surface area contributed by atoms with E-state index in [9.17, 15) is 0 Å². The number of nitrogens with two attached hydrogens (primary N) is 1. The summed E-state index contributed by atoms with van der Waals surface area (Å²) in [6.07, 6.45) is 3.44. The van der Waals surface area contributed by atoms with E-state index in [1.54, 1.807) is 7.11 Å². The Balaban J connectivity index is 2.30. The van der Waals surface area contributed by atoms with Crippen molar-refractivity contribution in [3.63, 3.8) is 0 Å². The summed E-state index contributed by atoms with van der Waals surface area (Å²) in [5.41, 5.74) is 8.74. The summed E-state index contributed by atoms with van der Waals surface area (Å²) < 4.78 is 5.40. The summed E-state index contributed by atoms with van der Waals surface area (Å²) in [6, 6.07) is 6.36. The number of benzene rings is 1. The van der Waals surface area contributed by atoms with Gasteiger partial charge in [-0.1, -0.05) is 6.07 Å². The van der Waals surface area contributed by atoms with Crippen molar-refractivity contribution < 1.29 is 4.74 Å². The van der Waals surface area contributed by atoms with Crippen LogP contribution in [-0.4, -0.2) is 26.1 Å². The zero-order valence-corrected chi connectivity index (χ0v) is 11.0. The third-order valence-electron chi connectivity index (χ3n) is 3.59. The Morgan fingerprint density at radius 1 is 1.35 bits per heavy atom. The Labute approximate surface area is 104 Å². The van der Waals surface area contributed by atoms with Crippen LogP contribution in [0.2, 0.25) is 0 Å². The molecule has 94 valence electrons. The van der Waals surface area contributed by atoms with Crippen LogP contribution in [0.5, 0.6) is 5.75 Å². The molecule has 0 saturated heterocycles. The highest BCUT2D eigenvalue weighted by atomic mass is 16.5. The van der Waals surface area contributed by atoms with Crippen molar-refractivity contribution in [1.29, 1.82) is 0 Å². The van der Waals surface area contributed by atoms with Crippen molar-refractivity contribution in [2.75, 3.05) is 21.2 Å². The normalized spacial score (nSPS) is 17.9. The largest absolute Gasteiger partial charge is 0.496 e. The Hall–Kier alpha value is -1.06. The van der Waals surface area contributed by atoms with Gasteiger partial charge >= 0.3 is 0 Å². The first-order chi connectivity index (χ1) is 8.05. The summed E-state index contributed by atoms with van der Waals surface area (Å²) in [5, 5.41) is 0. The topological polar surface area (TPSA) is 38.5 Å². The van der Waals surface area contributed by atoms with Crippen LogP contribution in [0.4, 0.5) is 0 Å². The standard InChI is InChI=1S/C14H22N2O/c1-16(2)10-11-9-12(5-6-13(11)17-3)14(15)7-4-8-14/h5-6,9H,4,7-8,10,15H2,1-3H3. The first-order valence-corrected chi connectivity index (χ1v) is 6.16. The predicted octanol–water partition coefficient (Wildman–Crippen LogP) is 2.09. The van der Waals surface area contributed by atoms with Crippen LogP contribution < -0.4 is 10.5 Å². The van der Waals surface area contributed by atoms with Crippen molar-refractivity contribution in [3.05, 3.63) is 29.3 Å². The lowest BCUT2D eigenvalue weighted by Crippen LogP contribution is -2.43. The van der Waals surface area contributed by atoms with Crippen LogP contribution in [0.1, 0.15) is 30.4 Å². The van der Waals surface area contributed by atoms with E-state index in [0.717, 1.165) is 25.1 Å². The molecule has 3 nitrogen and oxygen atoms in total. The second-order valence-electron chi connectivity index (χ2n) is 5.27. The molecule has 1 aromatic carbocycles. The maximum absolute atomic E-state index is 6.36. The van der Waals surface area contributed by atoms with Gasteiger partial charge < -0.3 is 15.4 Å². The van der Waals surface area contributed by atoms with Crippen LogP contribution in [0.15, 0.2) is 18.2 Å². The Bertz CT molecular complexity index is 397. The van der Waals surface area contributed by atoms with Gasteiger partial charge in [0.15, 0.2) is 0 Å².